The zero-order chi connectivity index (χ0) is 16.2. The van der Waals surface area contributed by atoms with Gasteiger partial charge in [-0.1, -0.05) is 11.6 Å². The van der Waals surface area contributed by atoms with Crippen molar-refractivity contribution in [3.8, 4) is 0 Å². The molecule has 0 aliphatic carbocycles. The lowest BCUT2D eigenvalue weighted by molar-refractivity contribution is -0.126. The molecule has 0 aromatic heterocycles. The highest BCUT2D eigenvalue weighted by molar-refractivity contribution is 7.89. The van der Waals surface area contributed by atoms with Crippen LogP contribution in [0.15, 0.2) is 29.2 Å². The van der Waals surface area contributed by atoms with Crippen molar-refractivity contribution in [2.45, 2.75) is 17.7 Å². The Morgan fingerprint density at radius 2 is 2.00 bits per heavy atom. The summed E-state index contributed by atoms with van der Waals surface area (Å²) < 4.78 is 26.6. The average Bonchev–Trinajstić information content (AvgIpc) is 2.53. The first-order valence-electron chi connectivity index (χ1n) is 7.18. The number of benzene rings is 1. The zero-order valence-electron chi connectivity index (χ0n) is 12.6. The molecular weight excluding hydrogens is 361 g/mol. The molecule has 1 saturated heterocycles. The minimum atomic E-state index is -3.60. The molecule has 2 rings (SSSR count). The largest absolute Gasteiger partial charge is 0.355 e. The Morgan fingerprint density at radius 1 is 1.35 bits per heavy atom. The van der Waals surface area contributed by atoms with Crippen molar-refractivity contribution >= 4 is 39.9 Å². The van der Waals surface area contributed by atoms with E-state index in [0.717, 1.165) is 0 Å². The van der Waals surface area contributed by atoms with Gasteiger partial charge in [0.2, 0.25) is 15.9 Å². The summed E-state index contributed by atoms with van der Waals surface area (Å²) in [5, 5.41) is 3.20. The third-order valence-corrected chi connectivity index (χ3v) is 5.78. The van der Waals surface area contributed by atoms with E-state index in [2.05, 4.69) is 5.32 Å². The minimum absolute atomic E-state index is 0. The van der Waals surface area contributed by atoms with Gasteiger partial charge in [-0.2, -0.15) is 4.31 Å². The Morgan fingerprint density at radius 3 is 2.61 bits per heavy atom. The first-order valence-corrected chi connectivity index (χ1v) is 9.00. The van der Waals surface area contributed by atoms with Gasteiger partial charge in [0.1, 0.15) is 0 Å². The Kier molecular flexibility index (Phi) is 7.76. The number of nitrogens with one attached hydrogen (secondary N) is 1. The maximum atomic E-state index is 12.6. The van der Waals surface area contributed by atoms with Crippen molar-refractivity contribution in [2.24, 2.45) is 11.7 Å². The molecule has 1 unspecified atom stereocenters. The third-order valence-electron chi connectivity index (χ3n) is 3.65. The first kappa shape index (κ1) is 20.2. The highest BCUT2D eigenvalue weighted by Crippen LogP contribution is 2.24. The molecule has 1 atom stereocenters. The average molecular weight is 382 g/mol. The molecule has 130 valence electrons. The molecule has 1 aliphatic rings. The van der Waals surface area contributed by atoms with E-state index < -0.39 is 10.0 Å². The number of nitrogens with zero attached hydrogens (tertiary/aromatic N) is 1. The van der Waals surface area contributed by atoms with E-state index in [1.165, 1.54) is 16.4 Å². The van der Waals surface area contributed by atoms with Crippen LogP contribution in [-0.2, 0) is 14.8 Å². The summed E-state index contributed by atoms with van der Waals surface area (Å²) >= 11 is 5.79. The number of amides is 1. The van der Waals surface area contributed by atoms with Crippen molar-refractivity contribution in [3.63, 3.8) is 0 Å². The summed E-state index contributed by atoms with van der Waals surface area (Å²) in [5.74, 6) is -0.469. The van der Waals surface area contributed by atoms with Gasteiger partial charge in [0.15, 0.2) is 0 Å². The molecule has 0 spiro atoms. The highest BCUT2D eigenvalue weighted by Gasteiger charge is 2.33. The predicted molar refractivity (Wildman–Crippen MR) is 92.2 cm³/mol. The van der Waals surface area contributed by atoms with Gasteiger partial charge < -0.3 is 11.1 Å². The van der Waals surface area contributed by atoms with Crippen LogP contribution in [-0.4, -0.2) is 44.8 Å². The summed E-state index contributed by atoms with van der Waals surface area (Å²) in [6, 6.07) is 6.05. The van der Waals surface area contributed by atoms with E-state index >= 15 is 0 Å². The Balaban J connectivity index is 0.00000264. The molecule has 6 nitrogen and oxygen atoms in total. The molecule has 1 aromatic carbocycles. The number of carbonyl (C=O) groups is 1. The molecule has 9 heteroatoms. The summed E-state index contributed by atoms with van der Waals surface area (Å²) in [5.41, 5.74) is 5.36. The van der Waals surface area contributed by atoms with Gasteiger partial charge in [-0.15, -0.1) is 12.4 Å². The second-order valence-corrected chi connectivity index (χ2v) is 7.61. The molecule has 3 N–H and O–H groups in total. The number of hydrogen-bond acceptors (Lipinski definition) is 4. The quantitative estimate of drug-likeness (QED) is 0.802. The number of nitrogens with two attached hydrogens (primary N) is 1. The van der Waals surface area contributed by atoms with Crippen LogP contribution in [0.4, 0.5) is 0 Å². The van der Waals surface area contributed by atoms with Crippen LogP contribution in [0.5, 0.6) is 0 Å². The van der Waals surface area contributed by atoms with E-state index in [1.54, 1.807) is 12.1 Å². The molecule has 0 bridgehead atoms. The normalized spacial score (nSPS) is 19.0. The van der Waals surface area contributed by atoms with Crippen LogP contribution < -0.4 is 11.1 Å². The van der Waals surface area contributed by atoms with Crippen molar-refractivity contribution < 1.29 is 13.2 Å². The van der Waals surface area contributed by atoms with Crippen LogP contribution in [0.25, 0.3) is 0 Å². The van der Waals surface area contributed by atoms with E-state index in [4.69, 9.17) is 17.3 Å². The summed E-state index contributed by atoms with van der Waals surface area (Å²) in [7, 11) is -3.60. The lowest BCUT2D eigenvalue weighted by atomic mass is 9.99. The van der Waals surface area contributed by atoms with E-state index in [1.807, 2.05) is 0 Å². The fraction of sp³-hybridized carbons (Fsp3) is 0.500. The molecule has 1 aromatic rings. The van der Waals surface area contributed by atoms with E-state index in [0.29, 0.717) is 37.5 Å². The number of carbonyl (C=O) groups excluding carboxylic acids is 1. The fourth-order valence-electron chi connectivity index (χ4n) is 2.47. The lowest BCUT2D eigenvalue weighted by Crippen LogP contribution is -2.46. The van der Waals surface area contributed by atoms with Gasteiger partial charge in [-0.3, -0.25) is 4.79 Å². The van der Waals surface area contributed by atoms with Gasteiger partial charge in [0, 0.05) is 31.2 Å². The zero-order valence-corrected chi connectivity index (χ0v) is 15.0. The van der Waals surface area contributed by atoms with Crippen LogP contribution >= 0.6 is 24.0 Å². The number of piperidine rings is 1. The second kappa shape index (κ2) is 8.84. The second-order valence-electron chi connectivity index (χ2n) is 5.24. The molecule has 1 amide bonds. The number of sulfonamides is 1. The first-order chi connectivity index (χ1) is 10.4. The van der Waals surface area contributed by atoms with Crippen LogP contribution in [0.3, 0.4) is 0 Å². The number of halogens is 2. The number of hydrogen-bond donors (Lipinski definition) is 2. The molecule has 1 aliphatic heterocycles. The molecule has 23 heavy (non-hydrogen) atoms. The standard InChI is InChI=1S/C14H20ClN3O3S.ClH/c15-12-3-5-13(6-4-12)22(20,21)18-9-1-2-11(10-18)14(19)17-8-7-16;/h3-6,11H,1-2,7-10,16H2,(H,17,19);1H. The Labute approximate surface area is 147 Å². The van der Waals surface area contributed by atoms with E-state index in [-0.39, 0.29) is 35.7 Å². The molecular formula is C14H21Cl2N3O3S. The van der Waals surface area contributed by atoms with E-state index in [9.17, 15) is 13.2 Å². The molecule has 1 fully saturated rings. The van der Waals surface area contributed by atoms with Gasteiger partial charge >= 0.3 is 0 Å². The van der Waals surface area contributed by atoms with Crippen molar-refractivity contribution in [3.05, 3.63) is 29.3 Å². The van der Waals surface area contributed by atoms with Gasteiger partial charge in [-0.05, 0) is 37.1 Å². The van der Waals surface area contributed by atoms with Gasteiger partial charge in [-0.25, -0.2) is 8.42 Å². The third kappa shape index (κ3) is 5.06. The van der Waals surface area contributed by atoms with Crippen LogP contribution in [0, 0.1) is 5.92 Å². The number of rotatable bonds is 5. The fourth-order valence-corrected chi connectivity index (χ4v) is 4.12. The SMILES string of the molecule is Cl.NCCNC(=O)C1CCCN(S(=O)(=O)c2ccc(Cl)cc2)C1. The maximum absolute atomic E-state index is 12.6. The topological polar surface area (TPSA) is 92.5 Å². The van der Waals surface area contributed by atoms with Gasteiger partial charge in [0.05, 0.1) is 10.8 Å². The molecule has 0 saturated carbocycles. The van der Waals surface area contributed by atoms with Crippen molar-refractivity contribution in [1.82, 2.24) is 9.62 Å². The smallest absolute Gasteiger partial charge is 0.243 e. The summed E-state index contributed by atoms with van der Waals surface area (Å²) in [6.45, 7) is 1.39. The highest BCUT2D eigenvalue weighted by atomic mass is 35.5. The van der Waals surface area contributed by atoms with Crippen LogP contribution in [0.2, 0.25) is 5.02 Å². The monoisotopic (exact) mass is 381 g/mol. The minimum Gasteiger partial charge on any atom is -0.355 e. The lowest BCUT2D eigenvalue weighted by Gasteiger charge is -2.31. The maximum Gasteiger partial charge on any atom is 0.243 e. The van der Waals surface area contributed by atoms with Crippen LogP contribution in [0.1, 0.15) is 12.8 Å². The Bertz CT molecular complexity index is 623. The molecule has 0 radical (unpaired) electrons. The van der Waals surface area contributed by atoms with Crippen molar-refractivity contribution in [1.29, 1.82) is 0 Å². The Hall–Kier alpha value is -0.860. The summed E-state index contributed by atoms with van der Waals surface area (Å²) in [6.07, 6.45) is 1.34. The van der Waals surface area contributed by atoms with Gasteiger partial charge in [0.25, 0.3) is 0 Å². The van der Waals surface area contributed by atoms with Crippen molar-refractivity contribution in [2.75, 3.05) is 26.2 Å². The summed E-state index contributed by atoms with van der Waals surface area (Å²) in [4.78, 5) is 12.2. The molecule has 1 heterocycles. The predicted octanol–water partition coefficient (Wildman–Crippen LogP) is 1.24.